The first-order chi connectivity index (χ1) is 10.0. The molecule has 22 heavy (non-hydrogen) atoms. The number of hydrogen-bond donors (Lipinski definition) is 1. The van der Waals surface area contributed by atoms with Crippen LogP contribution < -0.4 is 5.32 Å². The first-order valence-electron chi connectivity index (χ1n) is 7.79. The van der Waals surface area contributed by atoms with Crippen LogP contribution in [0, 0.1) is 0 Å². The predicted octanol–water partition coefficient (Wildman–Crippen LogP) is 3.79. The Labute approximate surface area is 140 Å². The Balaban J connectivity index is 4.84. The van der Waals surface area contributed by atoms with Gasteiger partial charge in [-0.05, 0) is 43.0 Å². The maximum atomic E-state index is 12.5. The number of carbonyl (C=O) groups is 2. The van der Waals surface area contributed by atoms with Crippen LogP contribution in [-0.4, -0.2) is 44.5 Å². The summed E-state index contributed by atoms with van der Waals surface area (Å²) in [7, 11) is -2.20. The lowest BCUT2D eigenvalue weighted by Crippen LogP contribution is -2.49. The lowest BCUT2D eigenvalue weighted by molar-refractivity contribution is -0.137. The number of hydrogen-bond acceptors (Lipinski definition) is 5. The minimum Gasteiger partial charge on any atom is -0.518 e. The number of nitrogens with one attached hydrogen (secondary N) is 1. The van der Waals surface area contributed by atoms with Crippen LogP contribution in [0.4, 0.5) is 4.79 Å². The number of rotatable bonds is 8. The maximum absolute atomic E-state index is 12.5. The highest BCUT2D eigenvalue weighted by Crippen LogP contribution is 2.36. The van der Waals surface area contributed by atoms with E-state index >= 15 is 0 Å². The third kappa shape index (κ3) is 7.53. The van der Waals surface area contributed by atoms with E-state index in [2.05, 4.69) is 33.0 Å². The molecule has 130 valence electrons. The highest BCUT2D eigenvalue weighted by atomic mass is 32.2. The molecule has 1 atom stereocenters. The van der Waals surface area contributed by atoms with Gasteiger partial charge in [0.25, 0.3) is 8.32 Å². The van der Waals surface area contributed by atoms with Gasteiger partial charge in [-0.25, -0.2) is 4.79 Å². The summed E-state index contributed by atoms with van der Waals surface area (Å²) in [4.78, 5) is 24.1. The average Bonchev–Trinajstić information content (AvgIpc) is 2.36. The van der Waals surface area contributed by atoms with E-state index in [0.717, 1.165) is 11.5 Å². The first kappa shape index (κ1) is 21.3. The molecular formula is C15H31NO4SSi. The smallest absolute Gasteiger partial charge is 0.407 e. The normalized spacial score (nSPS) is 13.4. The van der Waals surface area contributed by atoms with Crippen molar-refractivity contribution < 1.29 is 18.8 Å². The second-order valence-electron chi connectivity index (χ2n) is 6.58. The largest absolute Gasteiger partial charge is 0.518 e. The van der Waals surface area contributed by atoms with Crippen LogP contribution in [0.3, 0.4) is 0 Å². The maximum Gasteiger partial charge on any atom is 0.407 e. The van der Waals surface area contributed by atoms with E-state index in [0.29, 0.717) is 6.42 Å². The summed E-state index contributed by atoms with van der Waals surface area (Å²) in [5.74, 6) is 1.42. The SMILES string of the molecule is CCOC(=O)NC(CCSCC)C(=O)O[Si](C)(C)C(C)(C)C. The molecular weight excluding hydrogens is 318 g/mol. The van der Waals surface area contributed by atoms with Crippen LogP contribution in [0.15, 0.2) is 0 Å². The Bertz CT molecular complexity index is 369. The first-order valence-corrected chi connectivity index (χ1v) is 11.8. The summed E-state index contributed by atoms with van der Waals surface area (Å²) in [5, 5.41) is 2.56. The van der Waals surface area contributed by atoms with Crippen molar-refractivity contribution in [2.45, 2.75) is 65.2 Å². The minimum absolute atomic E-state index is 0.0602. The van der Waals surface area contributed by atoms with Gasteiger partial charge in [-0.2, -0.15) is 11.8 Å². The molecule has 0 fully saturated rings. The van der Waals surface area contributed by atoms with Crippen molar-refractivity contribution in [2.75, 3.05) is 18.1 Å². The zero-order chi connectivity index (χ0) is 17.4. The van der Waals surface area contributed by atoms with Gasteiger partial charge in [0.15, 0.2) is 0 Å². The molecule has 0 spiro atoms. The zero-order valence-corrected chi connectivity index (χ0v) is 16.8. The van der Waals surface area contributed by atoms with Crippen LogP contribution in [0.1, 0.15) is 41.0 Å². The summed E-state index contributed by atoms with van der Waals surface area (Å²) in [5.41, 5.74) is 0. The van der Waals surface area contributed by atoms with Crippen LogP contribution in [0.5, 0.6) is 0 Å². The lowest BCUT2D eigenvalue weighted by Gasteiger charge is -2.36. The van der Waals surface area contributed by atoms with Gasteiger partial charge in [-0.1, -0.05) is 27.7 Å². The van der Waals surface area contributed by atoms with Crippen molar-refractivity contribution in [3.63, 3.8) is 0 Å². The number of carbonyl (C=O) groups excluding carboxylic acids is 2. The van der Waals surface area contributed by atoms with Crippen LogP contribution in [-0.2, 0) is 14.0 Å². The number of amides is 1. The van der Waals surface area contributed by atoms with Crippen LogP contribution in [0.2, 0.25) is 18.1 Å². The molecule has 0 aromatic heterocycles. The lowest BCUT2D eigenvalue weighted by atomic mass is 10.2. The van der Waals surface area contributed by atoms with Gasteiger partial charge in [0.2, 0.25) is 0 Å². The van der Waals surface area contributed by atoms with Crippen LogP contribution >= 0.6 is 11.8 Å². The second kappa shape index (κ2) is 9.45. The van der Waals surface area contributed by atoms with Gasteiger partial charge in [-0.3, -0.25) is 4.79 Å². The van der Waals surface area contributed by atoms with Gasteiger partial charge in [0.1, 0.15) is 6.04 Å². The highest BCUT2D eigenvalue weighted by molar-refractivity contribution is 7.99. The average molecular weight is 350 g/mol. The molecule has 1 unspecified atom stereocenters. The van der Waals surface area contributed by atoms with Crippen LogP contribution in [0.25, 0.3) is 0 Å². The number of alkyl carbamates (subject to hydrolysis) is 1. The Morgan fingerprint density at radius 2 is 1.82 bits per heavy atom. The monoisotopic (exact) mass is 349 g/mol. The van der Waals surface area contributed by atoms with E-state index in [1.165, 1.54) is 0 Å². The van der Waals surface area contributed by atoms with E-state index in [9.17, 15) is 9.59 Å². The summed E-state index contributed by atoms with van der Waals surface area (Å²) in [6.45, 7) is 14.3. The number of ether oxygens (including phenoxy) is 1. The molecule has 0 aliphatic carbocycles. The van der Waals surface area contributed by atoms with Crippen molar-refractivity contribution >= 4 is 32.1 Å². The van der Waals surface area contributed by atoms with Crippen molar-refractivity contribution in [1.29, 1.82) is 0 Å². The minimum atomic E-state index is -2.20. The Morgan fingerprint density at radius 3 is 2.27 bits per heavy atom. The molecule has 0 aromatic rings. The third-order valence-electron chi connectivity index (χ3n) is 3.77. The fourth-order valence-corrected chi connectivity index (χ4v) is 3.03. The number of thioether (sulfide) groups is 1. The molecule has 0 aromatic carbocycles. The summed E-state index contributed by atoms with van der Waals surface area (Å²) in [6.07, 6.45) is -0.0219. The molecule has 0 radical (unpaired) electrons. The van der Waals surface area contributed by atoms with Gasteiger partial charge in [0.05, 0.1) is 6.61 Å². The van der Waals surface area contributed by atoms with Crippen molar-refractivity contribution in [3.05, 3.63) is 0 Å². The van der Waals surface area contributed by atoms with E-state index < -0.39 is 20.5 Å². The van der Waals surface area contributed by atoms with Gasteiger partial charge >= 0.3 is 12.1 Å². The molecule has 0 aliphatic rings. The summed E-state index contributed by atoms with van der Waals surface area (Å²) >= 11 is 1.73. The molecule has 1 N–H and O–H groups in total. The molecule has 1 amide bonds. The third-order valence-corrected chi connectivity index (χ3v) is 9.03. The fourth-order valence-electron chi connectivity index (χ4n) is 1.39. The van der Waals surface area contributed by atoms with E-state index in [4.69, 9.17) is 9.16 Å². The Morgan fingerprint density at radius 1 is 1.23 bits per heavy atom. The molecule has 0 heterocycles. The summed E-state index contributed by atoms with van der Waals surface area (Å²) < 4.78 is 10.7. The molecule has 0 saturated carbocycles. The Kier molecular flexibility index (Phi) is 9.15. The molecule has 7 heteroatoms. The molecule has 0 aliphatic heterocycles. The van der Waals surface area contributed by atoms with E-state index in [-0.39, 0.29) is 17.6 Å². The fraction of sp³-hybridized carbons (Fsp3) is 0.867. The van der Waals surface area contributed by atoms with E-state index in [1.807, 2.05) is 13.1 Å². The molecule has 0 rings (SSSR count). The Hall–Kier alpha value is -0.693. The van der Waals surface area contributed by atoms with Crippen molar-refractivity contribution in [1.82, 2.24) is 5.32 Å². The van der Waals surface area contributed by atoms with Crippen molar-refractivity contribution in [2.24, 2.45) is 0 Å². The van der Waals surface area contributed by atoms with Gasteiger partial charge in [-0.15, -0.1) is 0 Å². The molecule has 5 nitrogen and oxygen atoms in total. The van der Waals surface area contributed by atoms with Gasteiger partial charge < -0.3 is 14.5 Å². The quantitative estimate of drug-likeness (QED) is 0.533. The molecule has 0 bridgehead atoms. The van der Waals surface area contributed by atoms with Crippen molar-refractivity contribution in [3.8, 4) is 0 Å². The zero-order valence-electron chi connectivity index (χ0n) is 14.9. The van der Waals surface area contributed by atoms with Gasteiger partial charge in [0, 0.05) is 0 Å². The highest BCUT2D eigenvalue weighted by Gasteiger charge is 2.41. The summed E-state index contributed by atoms with van der Waals surface area (Å²) in [6, 6.07) is -0.646. The predicted molar refractivity (Wildman–Crippen MR) is 94.9 cm³/mol. The van der Waals surface area contributed by atoms with E-state index in [1.54, 1.807) is 18.7 Å². The second-order valence-corrected chi connectivity index (χ2v) is 12.7. The standard InChI is InChI=1S/C15H31NO4SSi/c1-8-19-14(18)16-12(10-11-21-9-2)13(17)20-22(6,7)15(3,4)5/h12H,8-11H2,1-7H3,(H,16,18). The molecule has 0 saturated heterocycles. The topological polar surface area (TPSA) is 64.6 Å².